The van der Waals surface area contributed by atoms with Crippen LogP contribution in [-0.2, 0) is 22.4 Å². The first-order chi connectivity index (χ1) is 10.2. The lowest BCUT2D eigenvalue weighted by Gasteiger charge is -2.11. The van der Waals surface area contributed by atoms with E-state index in [0.29, 0.717) is 17.2 Å². The summed E-state index contributed by atoms with van der Waals surface area (Å²) in [6.07, 6.45) is 4.84. The van der Waals surface area contributed by atoms with E-state index in [9.17, 15) is 9.59 Å². The first-order valence-corrected chi connectivity index (χ1v) is 8.38. The Morgan fingerprint density at radius 1 is 1.38 bits per heavy atom. The van der Waals surface area contributed by atoms with E-state index in [0.717, 1.165) is 44.2 Å². The summed E-state index contributed by atoms with van der Waals surface area (Å²) in [6, 6.07) is -0.142. The third-order valence-corrected chi connectivity index (χ3v) is 5.22. The van der Waals surface area contributed by atoms with Crippen LogP contribution in [0, 0.1) is 0 Å². The zero-order valence-corrected chi connectivity index (χ0v) is 13.0. The van der Waals surface area contributed by atoms with Gasteiger partial charge in [0, 0.05) is 4.88 Å². The predicted molar refractivity (Wildman–Crippen MR) is 82.0 cm³/mol. The van der Waals surface area contributed by atoms with Crippen LogP contribution in [0.3, 0.4) is 0 Å². The maximum Gasteiger partial charge on any atom is 0.341 e. The van der Waals surface area contributed by atoms with Crippen molar-refractivity contribution in [2.45, 2.75) is 45.1 Å². The number of nitrogens with one attached hydrogen (secondary N) is 2. The molecule has 1 fully saturated rings. The highest BCUT2D eigenvalue weighted by molar-refractivity contribution is 7.17. The third-order valence-electron chi connectivity index (χ3n) is 4.01. The average molecular weight is 308 g/mol. The molecule has 0 saturated carbocycles. The van der Waals surface area contributed by atoms with Gasteiger partial charge in [0.2, 0.25) is 5.91 Å². The molecule has 0 spiro atoms. The molecule has 2 aliphatic rings. The molecular weight excluding hydrogens is 288 g/mol. The van der Waals surface area contributed by atoms with E-state index in [1.165, 1.54) is 16.2 Å². The molecule has 5 nitrogen and oxygen atoms in total. The van der Waals surface area contributed by atoms with Crippen molar-refractivity contribution < 1.29 is 14.3 Å². The van der Waals surface area contributed by atoms with Gasteiger partial charge in [-0.15, -0.1) is 11.3 Å². The number of carbonyl (C=O) groups excluding carboxylic acids is 2. The average Bonchev–Trinajstić information content (AvgIpc) is 3.14. The van der Waals surface area contributed by atoms with Gasteiger partial charge in [0.25, 0.3) is 0 Å². The van der Waals surface area contributed by atoms with E-state index < -0.39 is 0 Å². The highest BCUT2D eigenvalue weighted by Gasteiger charge is 2.30. The van der Waals surface area contributed by atoms with Gasteiger partial charge in [0.15, 0.2) is 0 Å². The number of aryl methyl sites for hydroxylation is 1. The molecule has 1 aromatic heterocycles. The zero-order valence-electron chi connectivity index (χ0n) is 12.2. The van der Waals surface area contributed by atoms with Gasteiger partial charge in [-0.1, -0.05) is 0 Å². The Balaban J connectivity index is 1.84. The van der Waals surface area contributed by atoms with Gasteiger partial charge in [-0.3, -0.25) is 4.79 Å². The van der Waals surface area contributed by atoms with Gasteiger partial charge < -0.3 is 15.4 Å². The Morgan fingerprint density at radius 3 is 2.95 bits per heavy atom. The molecule has 3 rings (SSSR count). The summed E-state index contributed by atoms with van der Waals surface area (Å²) in [4.78, 5) is 25.7. The molecule has 1 aromatic rings. The Morgan fingerprint density at radius 2 is 2.24 bits per heavy atom. The number of fused-ring (bicyclic) bond motifs is 1. The van der Waals surface area contributed by atoms with Crippen LogP contribution < -0.4 is 10.6 Å². The topological polar surface area (TPSA) is 67.4 Å². The fourth-order valence-corrected chi connectivity index (χ4v) is 4.30. The summed E-state index contributed by atoms with van der Waals surface area (Å²) in [5, 5.41) is 6.78. The highest BCUT2D eigenvalue weighted by Crippen LogP contribution is 2.39. The van der Waals surface area contributed by atoms with Crippen molar-refractivity contribution in [1.29, 1.82) is 0 Å². The van der Waals surface area contributed by atoms with E-state index in [-0.39, 0.29) is 17.9 Å². The fourth-order valence-electron chi connectivity index (χ4n) is 3.02. The minimum Gasteiger partial charge on any atom is -0.462 e. The van der Waals surface area contributed by atoms with E-state index in [2.05, 4.69) is 10.6 Å². The molecule has 1 atom stereocenters. The molecule has 0 unspecified atom stereocenters. The maximum atomic E-state index is 12.3. The van der Waals surface area contributed by atoms with Crippen LogP contribution in [-0.4, -0.2) is 31.1 Å². The van der Waals surface area contributed by atoms with E-state index in [4.69, 9.17) is 4.74 Å². The number of thiophene rings is 1. The van der Waals surface area contributed by atoms with Gasteiger partial charge in [-0.25, -0.2) is 4.79 Å². The minimum absolute atomic E-state index is 0.0435. The second-order valence-corrected chi connectivity index (χ2v) is 6.53. The molecular formula is C15H20N2O3S. The number of rotatable bonds is 4. The van der Waals surface area contributed by atoms with Crippen LogP contribution in [0.5, 0.6) is 0 Å². The maximum absolute atomic E-state index is 12.3. The molecule has 1 aliphatic heterocycles. The first kappa shape index (κ1) is 14.5. The van der Waals surface area contributed by atoms with Crippen LogP contribution in [0.2, 0.25) is 0 Å². The molecule has 0 radical (unpaired) electrons. The summed E-state index contributed by atoms with van der Waals surface area (Å²) < 4.78 is 5.16. The van der Waals surface area contributed by atoms with Crippen molar-refractivity contribution in [2.75, 3.05) is 18.5 Å². The summed E-state index contributed by atoms with van der Waals surface area (Å²) >= 11 is 1.53. The van der Waals surface area contributed by atoms with Crippen LogP contribution in [0.4, 0.5) is 5.00 Å². The lowest BCUT2D eigenvalue weighted by atomic mass is 10.1. The number of esters is 1. The van der Waals surface area contributed by atoms with Crippen molar-refractivity contribution in [3.8, 4) is 0 Å². The van der Waals surface area contributed by atoms with Crippen molar-refractivity contribution in [3.63, 3.8) is 0 Å². The molecule has 0 aromatic carbocycles. The SMILES string of the molecule is CCOC(=O)c1c(NC(=O)[C@H]2CCCN2)sc2c1CCC2. The van der Waals surface area contributed by atoms with Crippen molar-refractivity contribution in [2.24, 2.45) is 0 Å². The van der Waals surface area contributed by atoms with Crippen LogP contribution in [0.25, 0.3) is 0 Å². The molecule has 1 saturated heterocycles. The van der Waals surface area contributed by atoms with Gasteiger partial charge in [0.05, 0.1) is 18.2 Å². The standard InChI is InChI=1S/C15H20N2O3S/c1-2-20-15(19)12-9-5-3-7-11(9)21-14(12)17-13(18)10-6-4-8-16-10/h10,16H,2-8H2,1H3,(H,17,18)/t10-/m1/s1. The molecule has 6 heteroatoms. The molecule has 1 aliphatic carbocycles. The number of carbonyl (C=O) groups is 2. The highest BCUT2D eigenvalue weighted by atomic mass is 32.1. The van der Waals surface area contributed by atoms with Gasteiger partial charge in [0.1, 0.15) is 5.00 Å². The Hall–Kier alpha value is -1.40. The summed E-state index contributed by atoms with van der Waals surface area (Å²) in [5.41, 5.74) is 1.66. The Kier molecular flexibility index (Phi) is 4.26. The molecule has 21 heavy (non-hydrogen) atoms. The molecule has 114 valence electrons. The van der Waals surface area contributed by atoms with Crippen LogP contribution in [0.1, 0.15) is 47.0 Å². The summed E-state index contributed by atoms with van der Waals surface area (Å²) in [6.45, 7) is 3.02. The van der Waals surface area contributed by atoms with Crippen molar-refractivity contribution >= 4 is 28.2 Å². The Bertz CT molecular complexity index is 562. The molecule has 2 N–H and O–H groups in total. The molecule has 0 bridgehead atoms. The van der Waals surface area contributed by atoms with Crippen LogP contribution in [0.15, 0.2) is 0 Å². The molecule has 1 amide bonds. The number of ether oxygens (including phenoxy) is 1. The minimum atomic E-state index is -0.313. The Labute approximate surface area is 128 Å². The van der Waals surface area contributed by atoms with E-state index in [1.807, 2.05) is 0 Å². The first-order valence-electron chi connectivity index (χ1n) is 7.56. The third kappa shape index (κ3) is 2.82. The van der Waals surface area contributed by atoms with Crippen LogP contribution >= 0.6 is 11.3 Å². The normalized spacial score (nSPS) is 20.3. The van der Waals surface area contributed by atoms with Crippen molar-refractivity contribution in [1.82, 2.24) is 5.32 Å². The van der Waals surface area contributed by atoms with Gasteiger partial charge in [-0.05, 0) is 51.1 Å². The largest absolute Gasteiger partial charge is 0.462 e. The van der Waals surface area contributed by atoms with Gasteiger partial charge in [-0.2, -0.15) is 0 Å². The van der Waals surface area contributed by atoms with E-state index in [1.54, 1.807) is 6.92 Å². The lowest BCUT2D eigenvalue weighted by Crippen LogP contribution is -2.35. The monoisotopic (exact) mass is 308 g/mol. The summed E-state index contributed by atoms with van der Waals surface area (Å²) in [5.74, 6) is -0.357. The van der Waals surface area contributed by atoms with Gasteiger partial charge >= 0.3 is 5.97 Å². The number of hydrogen-bond donors (Lipinski definition) is 2. The fraction of sp³-hybridized carbons (Fsp3) is 0.600. The number of amides is 1. The molecule has 2 heterocycles. The number of anilines is 1. The summed E-state index contributed by atoms with van der Waals surface area (Å²) in [7, 11) is 0. The quantitative estimate of drug-likeness (QED) is 0.836. The second kappa shape index (κ2) is 6.15. The number of hydrogen-bond acceptors (Lipinski definition) is 5. The zero-order chi connectivity index (χ0) is 14.8. The van der Waals surface area contributed by atoms with Crippen molar-refractivity contribution in [3.05, 3.63) is 16.0 Å². The smallest absolute Gasteiger partial charge is 0.341 e. The predicted octanol–water partition coefficient (Wildman–Crippen LogP) is 2.10. The lowest BCUT2D eigenvalue weighted by molar-refractivity contribution is -0.117. The van der Waals surface area contributed by atoms with E-state index >= 15 is 0 Å². The second-order valence-electron chi connectivity index (χ2n) is 5.42.